The quantitative estimate of drug-likeness (QED) is 0.303. The molecule has 1 aromatic rings. The number of hydrazine groups is 1. The van der Waals surface area contributed by atoms with E-state index < -0.39 is 15.9 Å². The third-order valence-corrected chi connectivity index (χ3v) is 3.94. The highest BCUT2D eigenvalue weighted by Gasteiger charge is 2.10. The molecule has 0 bridgehead atoms. The van der Waals surface area contributed by atoms with E-state index in [2.05, 4.69) is 4.72 Å². The molecule has 0 spiro atoms. The molecule has 6 nitrogen and oxygen atoms in total. The van der Waals surface area contributed by atoms with Gasteiger partial charge in [-0.15, -0.1) is 0 Å². The Balaban J connectivity index is 2.64. The van der Waals surface area contributed by atoms with Crippen LogP contribution >= 0.6 is 0 Å². The number of hydrogen-bond acceptors (Lipinski definition) is 4. The minimum atomic E-state index is -3.32. The second kappa shape index (κ2) is 7.10. The number of nitrogen functional groups attached to an aromatic ring is 1. The lowest BCUT2D eigenvalue weighted by Gasteiger charge is -2.08. The lowest BCUT2D eigenvalue weighted by atomic mass is 10.2. The van der Waals surface area contributed by atoms with Gasteiger partial charge in [-0.05, 0) is 30.7 Å². The van der Waals surface area contributed by atoms with Gasteiger partial charge in [0.25, 0.3) is 5.91 Å². The minimum absolute atomic E-state index is 0.103. The molecule has 7 heteroatoms. The highest BCUT2D eigenvalue weighted by atomic mass is 32.2. The molecule has 106 valence electrons. The monoisotopic (exact) mass is 285 g/mol. The summed E-state index contributed by atoms with van der Waals surface area (Å²) in [6, 6.07) is 6.07. The molecule has 0 radical (unpaired) electrons. The molecule has 19 heavy (non-hydrogen) atoms. The van der Waals surface area contributed by atoms with Crippen molar-refractivity contribution in [2.75, 3.05) is 10.5 Å². The van der Waals surface area contributed by atoms with E-state index in [1.54, 1.807) is 0 Å². The summed E-state index contributed by atoms with van der Waals surface area (Å²) < 4.78 is 25.9. The summed E-state index contributed by atoms with van der Waals surface area (Å²) in [5, 5.41) is 0. The molecule has 0 unspecified atom stereocenters. The predicted molar refractivity (Wildman–Crippen MR) is 75.0 cm³/mol. The fourth-order valence-electron chi connectivity index (χ4n) is 1.55. The van der Waals surface area contributed by atoms with Crippen LogP contribution in [0.15, 0.2) is 24.3 Å². The van der Waals surface area contributed by atoms with Gasteiger partial charge < -0.3 is 0 Å². The van der Waals surface area contributed by atoms with Crippen molar-refractivity contribution in [3.63, 3.8) is 0 Å². The Kier molecular flexibility index (Phi) is 5.78. The lowest BCUT2D eigenvalue weighted by molar-refractivity contribution is 0.0953. The van der Waals surface area contributed by atoms with Crippen molar-refractivity contribution in [2.45, 2.75) is 26.2 Å². The van der Waals surface area contributed by atoms with Crippen LogP contribution in [0.3, 0.4) is 0 Å². The third-order valence-electron chi connectivity index (χ3n) is 2.57. The maximum Gasteiger partial charge on any atom is 0.265 e. The smallest absolute Gasteiger partial charge is 0.265 e. The van der Waals surface area contributed by atoms with Crippen LogP contribution in [0.2, 0.25) is 0 Å². The first-order valence-corrected chi connectivity index (χ1v) is 7.75. The highest BCUT2D eigenvalue weighted by molar-refractivity contribution is 7.92. The average Bonchev–Trinajstić information content (AvgIpc) is 2.38. The molecule has 0 heterocycles. The lowest BCUT2D eigenvalue weighted by Crippen LogP contribution is -2.29. The number of nitrogens with one attached hydrogen (secondary N) is 2. The molecule has 0 saturated heterocycles. The number of rotatable bonds is 7. The van der Waals surface area contributed by atoms with Gasteiger partial charge in [-0.3, -0.25) is 14.9 Å². The van der Waals surface area contributed by atoms with E-state index in [1.165, 1.54) is 24.3 Å². The molecule has 0 aliphatic carbocycles. The van der Waals surface area contributed by atoms with Gasteiger partial charge in [0.1, 0.15) is 0 Å². The number of hydrogen-bond donors (Lipinski definition) is 3. The number of carbonyl (C=O) groups is 1. The van der Waals surface area contributed by atoms with Crippen molar-refractivity contribution >= 4 is 21.6 Å². The number of benzene rings is 1. The van der Waals surface area contributed by atoms with Crippen LogP contribution < -0.4 is 16.0 Å². The second-order valence-corrected chi connectivity index (χ2v) is 6.02. The number of unbranched alkanes of at least 4 members (excludes halogenated alkanes) is 2. The molecule has 0 aliphatic rings. The van der Waals surface area contributed by atoms with Gasteiger partial charge >= 0.3 is 0 Å². The zero-order valence-corrected chi connectivity index (χ0v) is 11.7. The topological polar surface area (TPSA) is 101 Å². The number of anilines is 1. The molecule has 0 atom stereocenters. The molecule has 0 aliphatic heterocycles. The molecule has 0 fully saturated rings. The summed E-state index contributed by atoms with van der Waals surface area (Å²) in [6.07, 6.45) is 2.49. The normalized spacial score (nSPS) is 11.1. The summed E-state index contributed by atoms with van der Waals surface area (Å²) in [4.78, 5) is 11.2. The predicted octanol–water partition coefficient (Wildman–Crippen LogP) is 1.22. The van der Waals surface area contributed by atoms with Crippen LogP contribution in [0.4, 0.5) is 5.69 Å². The Morgan fingerprint density at radius 2 is 1.84 bits per heavy atom. The molecule has 0 aromatic heterocycles. The van der Waals surface area contributed by atoms with Crippen molar-refractivity contribution in [1.29, 1.82) is 0 Å². The highest BCUT2D eigenvalue weighted by Crippen LogP contribution is 2.12. The first kappa shape index (κ1) is 15.5. The third kappa shape index (κ3) is 5.27. The molecular weight excluding hydrogens is 266 g/mol. The van der Waals surface area contributed by atoms with Gasteiger partial charge in [-0.2, -0.15) is 0 Å². The van der Waals surface area contributed by atoms with Gasteiger partial charge in [0, 0.05) is 11.3 Å². The van der Waals surface area contributed by atoms with Crippen LogP contribution in [0.1, 0.15) is 36.5 Å². The largest absolute Gasteiger partial charge is 0.290 e. The van der Waals surface area contributed by atoms with Crippen molar-refractivity contribution in [2.24, 2.45) is 5.84 Å². The van der Waals surface area contributed by atoms with Gasteiger partial charge in [0.05, 0.1) is 5.75 Å². The maximum absolute atomic E-state index is 11.7. The summed E-state index contributed by atoms with van der Waals surface area (Å²) in [5.74, 6) is 4.68. The number of sulfonamides is 1. The van der Waals surface area contributed by atoms with Crippen LogP contribution in [-0.4, -0.2) is 20.1 Å². The summed E-state index contributed by atoms with van der Waals surface area (Å²) in [5.41, 5.74) is 2.81. The maximum atomic E-state index is 11.7. The van der Waals surface area contributed by atoms with Gasteiger partial charge in [-0.25, -0.2) is 14.3 Å². The number of nitrogens with two attached hydrogens (primary N) is 1. The van der Waals surface area contributed by atoms with Crippen LogP contribution in [-0.2, 0) is 10.0 Å². The number of carbonyl (C=O) groups excluding carboxylic acids is 1. The Bertz CT molecular complexity index is 512. The standard InChI is InChI=1S/C12H19N3O3S/c1-2-3-4-9-19(17,18)15-11-7-5-10(6-8-11)12(16)14-13/h5-8,15H,2-4,9,13H2,1H3,(H,14,16). The first-order valence-electron chi connectivity index (χ1n) is 6.10. The van der Waals surface area contributed by atoms with Crippen LogP contribution in [0.5, 0.6) is 0 Å². The van der Waals surface area contributed by atoms with E-state index in [4.69, 9.17) is 5.84 Å². The van der Waals surface area contributed by atoms with Crippen molar-refractivity contribution in [1.82, 2.24) is 5.43 Å². The Labute approximate surface area is 113 Å². The van der Waals surface area contributed by atoms with Gasteiger partial charge in [-0.1, -0.05) is 19.8 Å². The van der Waals surface area contributed by atoms with Crippen LogP contribution in [0.25, 0.3) is 0 Å². The summed E-state index contributed by atoms with van der Waals surface area (Å²) in [7, 11) is -3.32. The van der Waals surface area contributed by atoms with Gasteiger partial charge in [0.15, 0.2) is 0 Å². The SMILES string of the molecule is CCCCCS(=O)(=O)Nc1ccc(C(=O)NN)cc1. The molecule has 1 aromatic carbocycles. The fourth-order valence-corrected chi connectivity index (χ4v) is 2.73. The zero-order chi connectivity index (χ0) is 14.3. The molecule has 4 N–H and O–H groups in total. The van der Waals surface area contributed by atoms with Gasteiger partial charge in [0.2, 0.25) is 10.0 Å². The van der Waals surface area contributed by atoms with E-state index in [9.17, 15) is 13.2 Å². The van der Waals surface area contributed by atoms with E-state index in [1.807, 2.05) is 12.3 Å². The number of amides is 1. The summed E-state index contributed by atoms with van der Waals surface area (Å²) >= 11 is 0. The molecule has 0 saturated carbocycles. The molecule has 1 amide bonds. The molecular formula is C12H19N3O3S. The first-order chi connectivity index (χ1) is 8.98. The van der Waals surface area contributed by atoms with E-state index in [0.717, 1.165) is 12.8 Å². The minimum Gasteiger partial charge on any atom is -0.290 e. The Hall–Kier alpha value is -1.60. The van der Waals surface area contributed by atoms with Crippen molar-refractivity contribution in [3.8, 4) is 0 Å². The van der Waals surface area contributed by atoms with Crippen molar-refractivity contribution in [3.05, 3.63) is 29.8 Å². The second-order valence-electron chi connectivity index (χ2n) is 4.18. The Morgan fingerprint density at radius 3 is 2.37 bits per heavy atom. The van der Waals surface area contributed by atoms with E-state index in [-0.39, 0.29) is 5.75 Å². The van der Waals surface area contributed by atoms with E-state index >= 15 is 0 Å². The Morgan fingerprint density at radius 1 is 1.21 bits per heavy atom. The van der Waals surface area contributed by atoms with Crippen LogP contribution in [0, 0.1) is 0 Å². The summed E-state index contributed by atoms with van der Waals surface area (Å²) in [6.45, 7) is 2.02. The molecule has 1 rings (SSSR count). The zero-order valence-electron chi connectivity index (χ0n) is 10.8. The average molecular weight is 285 g/mol. The van der Waals surface area contributed by atoms with E-state index in [0.29, 0.717) is 17.7 Å². The fraction of sp³-hybridized carbons (Fsp3) is 0.417. The van der Waals surface area contributed by atoms with Crippen molar-refractivity contribution < 1.29 is 13.2 Å².